The number of H-pyrrole nitrogens is 1. The van der Waals surface area contributed by atoms with Crippen LogP contribution in [0.4, 0.5) is 0 Å². The molecule has 4 nitrogen and oxygen atoms in total. The van der Waals surface area contributed by atoms with E-state index < -0.39 is 0 Å². The number of aromatic hydroxyl groups is 1. The Balaban J connectivity index is 2.46. The van der Waals surface area contributed by atoms with Crippen LogP contribution in [0.2, 0.25) is 0 Å². The third-order valence-electron chi connectivity index (χ3n) is 1.84. The molecule has 1 aromatic carbocycles. The third-order valence-corrected chi connectivity index (χ3v) is 1.84. The topological polar surface area (TPSA) is 62.3 Å². The molecular formula is C10H9NO3. The van der Waals surface area contributed by atoms with E-state index in [9.17, 15) is 9.90 Å². The van der Waals surface area contributed by atoms with Gasteiger partial charge in [-0.3, -0.25) is 4.79 Å². The number of phenolic OH excluding ortho intramolecular Hbond substituents is 1. The highest BCUT2D eigenvalue weighted by atomic mass is 16.5. The molecule has 2 rings (SSSR count). The normalized spacial score (nSPS) is 10.4. The number of carbonyl (C=O) groups excluding carboxylic acids is 1. The van der Waals surface area contributed by atoms with Gasteiger partial charge in [0.2, 0.25) is 5.88 Å². The molecule has 14 heavy (non-hydrogen) atoms. The van der Waals surface area contributed by atoms with Gasteiger partial charge in [0.15, 0.2) is 0 Å². The molecular weight excluding hydrogens is 182 g/mol. The smallest absolute Gasteiger partial charge is 0.309 e. The average Bonchev–Trinajstić information content (AvgIpc) is 2.44. The van der Waals surface area contributed by atoms with Crippen LogP contribution in [-0.2, 0) is 4.79 Å². The van der Waals surface area contributed by atoms with Crippen LogP contribution in [-0.4, -0.2) is 16.1 Å². The van der Waals surface area contributed by atoms with E-state index in [1.807, 2.05) is 0 Å². The monoisotopic (exact) mass is 191 g/mol. The summed E-state index contributed by atoms with van der Waals surface area (Å²) in [6.07, 6.45) is 0. The van der Waals surface area contributed by atoms with Crippen LogP contribution < -0.4 is 4.74 Å². The molecule has 0 aliphatic rings. The largest absolute Gasteiger partial charge is 0.508 e. The van der Waals surface area contributed by atoms with Gasteiger partial charge in [-0.25, -0.2) is 0 Å². The van der Waals surface area contributed by atoms with Crippen LogP contribution in [0, 0.1) is 0 Å². The second-order valence-electron chi connectivity index (χ2n) is 3.00. The molecule has 0 bridgehead atoms. The Kier molecular flexibility index (Phi) is 1.89. The first-order valence-corrected chi connectivity index (χ1v) is 4.15. The standard InChI is InChI=1S/C10H9NO3/c1-6(12)14-10-4-7-2-3-8(13)5-9(7)11-10/h2-5,11,13H,1H3. The summed E-state index contributed by atoms with van der Waals surface area (Å²) in [4.78, 5) is 13.5. The van der Waals surface area contributed by atoms with Gasteiger partial charge in [0, 0.05) is 24.4 Å². The van der Waals surface area contributed by atoms with Gasteiger partial charge < -0.3 is 14.8 Å². The molecule has 0 aliphatic carbocycles. The number of fused-ring (bicyclic) bond motifs is 1. The maximum absolute atomic E-state index is 10.7. The fourth-order valence-electron chi connectivity index (χ4n) is 1.30. The molecule has 4 heteroatoms. The van der Waals surface area contributed by atoms with Crippen LogP contribution >= 0.6 is 0 Å². The molecule has 0 fully saturated rings. The predicted molar refractivity (Wildman–Crippen MR) is 51.3 cm³/mol. The number of ether oxygens (including phenoxy) is 1. The number of hydrogen-bond donors (Lipinski definition) is 2. The number of esters is 1. The zero-order valence-corrected chi connectivity index (χ0v) is 7.57. The first-order chi connectivity index (χ1) is 6.65. The number of aromatic nitrogens is 1. The van der Waals surface area contributed by atoms with Crippen LogP contribution in [0.15, 0.2) is 24.3 Å². The summed E-state index contributed by atoms with van der Waals surface area (Å²) in [6, 6.07) is 6.60. The highest BCUT2D eigenvalue weighted by Crippen LogP contribution is 2.23. The summed E-state index contributed by atoms with van der Waals surface area (Å²) in [5, 5.41) is 10.1. The van der Waals surface area contributed by atoms with Gasteiger partial charge in [0.1, 0.15) is 5.75 Å². The van der Waals surface area contributed by atoms with Crippen LogP contribution in [0.5, 0.6) is 11.6 Å². The summed E-state index contributed by atoms with van der Waals surface area (Å²) in [6.45, 7) is 1.34. The second kappa shape index (κ2) is 3.06. The van der Waals surface area contributed by atoms with Crippen molar-refractivity contribution in [1.82, 2.24) is 4.98 Å². The minimum Gasteiger partial charge on any atom is -0.508 e. The molecule has 2 aromatic rings. The first kappa shape index (κ1) is 8.62. The van der Waals surface area contributed by atoms with Gasteiger partial charge in [-0.1, -0.05) is 0 Å². The molecule has 72 valence electrons. The number of phenols is 1. The Labute approximate surface area is 80.1 Å². The van der Waals surface area contributed by atoms with Gasteiger partial charge in [0.25, 0.3) is 0 Å². The van der Waals surface area contributed by atoms with E-state index in [0.29, 0.717) is 5.88 Å². The summed E-state index contributed by atoms with van der Waals surface area (Å²) in [5.74, 6) is 0.188. The molecule has 0 unspecified atom stereocenters. The number of nitrogens with one attached hydrogen (secondary N) is 1. The van der Waals surface area contributed by atoms with Gasteiger partial charge in [0.05, 0.1) is 5.52 Å². The van der Waals surface area contributed by atoms with E-state index >= 15 is 0 Å². The van der Waals surface area contributed by atoms with Crippen molar-refractivity contribution >= 4 is 16.9 Å². The summed E-state index contributed by atoms with van der Waals surface area (Å²) in [5.41, 5.74) is 0.737. The SMILES string of the molecule is CC(=O)Oc1cc2ccc(O)cc2[nH]1. The molecule has 0 spiro atoms. The highest BCUT2D eigenvalue weighted by Gasteiger charge is 2.03. The van der Waals surface area contributed by atoms with E-state index in [0.717, 1.165) is 10.9 Å². The van der Waals surface area contributed by atoms with Crippen molar-refractivity contribution in [2.45, 2.75) is 6.92 Å². The van der Waals surface area contributed by atoms with E-state index in [1.165, 1.54) is 6.92 Å². The van der Waals surface area contributed by atoms with E-state index in [2.05, 4.69) is 4.98 Å². The van der Waals surface area contributed by atoms with Crippen LogP contribution in [0.3, 0.4) is 0 Å². The number of carbonyl (C=O) groups is 1. The summed E-state index contributed by atoms with van der Waals surface area (Å²) >= 11 is 0. The second-order valence-corrected chi connectivity index (χ2v) is 3.00. The molecule has 0 aliphatic heterocycles. The Hall–Kier alpha value is -1.97. The number of rotatable bonds is 1. The number of hydrogen-bond acceptors (Lipinski definition) is 3. The zero-order chi connectivity index (χ0) is 10.1. The Morgan fingerprint density at radius 1 is 1.43 bits per heavy atom. The number of aromatic amines is 1. The van der Waals surface area contributed by atoms with Gasteiger partial charge in [-0.15, -0.1) is 0 Å². The molecule has 1 heterocycles. The van der Waals surface area contributed by atoms with E-state index in [1.54, 1.807) is 24.3 Å². The molecule has 0 amide bonds. The Morgan fingerprint density at radius 2 is 2.21 bits per heavy atom. The lowest BCUT2D eigenvalue weighted by Gasteiger charge is -1.93. The zero-order valence-electron chi connectivity index (χ0n) is 7.57. The van der Waals surface area contributed by atoms with Gasteiger partial charge in [-0.05, 0) is 12.1 Å². The van der Waals surface area contributed by atoms with Crippen LogP contribution in [0.25, 0.3) is 10.9 Å². The van der Waals surface area contributed by atoms with Crippen molar-refractivity contribution in [3.05, 3.63) is 24.3 Å². The van der Waals surface area contributed by atoms with Gasteiger partial charge in [-0.2, -0.15) is 0 Å². The molecule has 0 saturated heterocycles. The molecule has 0 atom stereocenters. The minimum atomic E-state index is -0.374. The van der Waals surface area contributed by atoms with Crippen molar-refractivity contribution in [2.24, 2.45) is 0 Å². The lowest BCUT2D eigenvalue weighted by atomic mass is 10.2. The van der Waals surface area contributed by atoms with Crippen LogP contribution in [0.1, 0.15) is 6.92 Å². The third kappa shape index (κ3) is 1.54. The average molecular weight is 191 g/mol. The molecule has 0 radical (unpaired) electrons. The molecule has 2 N–H and O–H groups in total. The fourth-order valence-corrected chi connectivity index (χ4v) is 1.30. The summed E-state index contributed by atoms with van der Waals surface area (Å²) in [7, 11) is 0. The lowest BCUT2D eigenvalue weighted by Crippen LogP contribution is -2.00. The highest BCUT2D eigenvalue weighted by molar-refractivity contribution is 5.83. The van der Waals surface area contributed by atoms with Crippen molar-refractivity contribution in [3.63, 3.8) is 0 Å². The van der Waals surface area contributed by atoms with E-state index in [-0.39, 0.29) is 11.7 Å². The van der Waals surface area contributed by atoms with Crippen molar-refractivity contribution in [2.75, 3.05) is 0 Å². The summed E-state index contributed by atoms with van der Waals surface area (Å²) < 4.78 is 4.86. The Bertz CT molecular complexity index is 487. The van der Waals surface area contributed by atoms with Crippen molar-refractivity contribution < 1.29 is 14.6 Å². The molecule has 0 saturated carbocycles. The fraction of sp³-hybridized carbons (Fsp3) is 0.100. The van der Waals surface area contributed by atoms with Gasteiger partial charge >= 0.3 is 5.97 Å². The van der Waals surface area contributed by atoms with Crippen molar-refractivity contribution in [1.29, 1.82) is 0 Å². The molecule has 1 aromatic heterocycles. The lowest BCUT2D eigenvalue weighted by molar-refractivity contribution is -0.132. The maximum Gasteiger partial charge on any atom is 0.309 e. The number of benzene rings is 1. The van der Waals surface area contributed by atoms with E-state index in [4.69, 9.17) is 4.74 Å². The predicted octanol–water partition coefficient (Wildman–Crippen LogP) is 1.80. The Morgan fingerprint density at radius 3 is 2.93 bits per heavy atom. The minimum absolute atomic E-state index is 0.175. The quantitative estimate of drug-likeness (QED) is 0.675. The first-order valence-electron chi connectivity index (χ1n) is 4.15. The maximum atomic E-state index is 10.7. The van der Waals surface area contributed by atoms with Crippen molar-refractivity contribution in [3.8, 4) is 11.6 Å².